The van der Waals surface area contributed by atoms with E-state index in [0.717, 1.165) is 29.2 Å². The minimum Gasteiger partial charge on any atom is -0.382 e. The number of aryl methyl sites for hydroxylation is 1. The minimum absolute atomic E-state index is 0.0524. The van der Waals surface area contributed by atoms with Crippen molar-refractivity contribution < 1.29 is 8.42 Å². The van der Waals surface area contributed by atoms with Crippen LogP contribution in [0.5, 0.6) is 0 Å². The zero-order valence-electron chi connectivity index (χ0n) is 11.5. The van der Waals surface area contributed by atoms with Gasteiger partial charge in [-0.3, -0.25) is 4.98 Å². The van der Waals surface area contributed by atoms with Gasteiger partial charge in [-0.15, -0.1) is 0 Å². The van der Waals surface area contributed by atoms with Crippen molar-refractivity contribution in [3.05, 3.63) is 29.6 Å². The van der Waals surface area contributed by atoms with Crippen LogP contribution >= 0.6 is 11.5 Å². The lowest BCUT2D eigenvalue weighted by molar-refractivity contribution is 0.602. The Morgan fingerprint density at radius 1 is 1.40 bits per heavy atom. The third-order valence-corrected chi connectivity index (χ3v) is 4.97. The van der Waals surface area contributed by atoms with Gasteiger partial charge in [0.2, 0.25) is 0 Å². The summed E-state index contributed by atoms with van der Waals surface area (Å²) in [6, 6.07) is 5.73. The van der Waals surface area contributed by atoms with Crippen molar-refractivity contribution >= 4 is 32.2 Å². The Hall–Kier alpha value is -1.67. The molecule has 2 heterocycles. The summed E-state index contributed by atoms with van der Waals surface area (Å²) in [5.41, 5.74) is 7.44. The van der Waals surface area contributed by atoms with Crippen LogP contribution in [0.2, 0.25) is 0 Å². The van der Waals surface area contributed by atoms with Crippen molar-refractivity contribution in [2.75, 3.05) is 23.9 Å². The predicted octanol–water partition coefficient (Wildman–Crippen LogP) is 1.47. The number of hydrogen-bond acceptors (Lipinski definition) is 7. The third kappa shape index (κ3) is 3.07. The SMILES string of the molecule is Cc1cccc(CN(C)c2snc(N)c2S(C)(=O)=O)n1. The first kappa shape index (κ1) is 14.7. The lowest BCUT2D eigenvalue weighted by Gasteiger charge is -2.17. The van der Waals surface area contributed by atoms with Crippen molar-refractivity contribution in [1.82, 2.24) is 9.36 Å². The number of nitrogens with two attached hydrogens (primary N) is 1. The van der Waals surface area contributed by atoms with Crippen LogP contribution in [0.15, 0.2) is 23.1 Å². The zero-order valence-corrected chi connectivity index (χ0v) is 13.1. The van der Waals surface area contributed by atoms with Crippen LogP contribution in [-0.4, -0.2) is 31.1 Å². The third-order valence-electron chi connectivity index (χ3n) is 2.72. The molecule has 0 unspecified atom stereocenters. The van der Waals surface area contributed by atoms with Gasteiger partial charge in [-0.1, -0.05) is 6.07 Å². The summed E-state index contributed by atoms with van der Waals surface area (Å²) in [6.07, 6.45) is 1.13. The molecular weight excluding hydrogens is 296 g/mol. The molecule has 0 aromatic carbocycles. The molecule has 0 aliphatic rings. The van der Waals surface area contributed by atoms with Crippen molar-refractivity contribution in [3.8, 4) is 0 Å². The molecule has 2 rings (SSSR count). The molecule has 0 fully saturated rings. The van der Waals surface area contributed by atoms with Gasteiger partial charge in [0.25, 0.3) is 0 Å². The van der Waals surface area contributed by atoms with E-state index in [4.69, 9.17) is 5.73 Å². The van der Waals surface area contributed by atoms with E-state index in [2.05, 4.69) is 9.36 Å². The van der Waals surface area contributed by atoms with Crippen molar-refractivity contribution in [3.63, 3.8) is 0 Å². The number of rotatable bonds is 4. The van der Waals surface area contributed by atoms with E-state index in [0.29, 0.717) is 11.5 Å². The van der Waals surface area contributed by atoms with Gasteiger partial charge in [0.1, 0.15) is 9.90 Å². The average Bonchev–Trinajstić information content (AvgIpc) is 2.71. The summed E-state index contributed by atoms with van der Waals surface area (Å²) < 4.78 is 27.5. The molecule has 2 N–H and O–H groups in total. The Morgan fingerprint density at radius 3 is 2.70 bits per heavy atom. The van der Waals surface area contributed by atoms with Crippen LogP contribution in [0.1, 0.15) is 11.4 Å². The molecule has 0 saturated heterocycles. The highest BCUT2D eigenvalue weighted by Crippen LogP contribution is 2.34. The number of aromatic nitrogens is 2. The lowest BCUT2D eigenvalue weighted by atomic mass is 10.3. The van der Waals surface area contributed by atoms with Crippen LogP contribution in [0.4, 0.5) is 10.8 Å². The summed E-state index contributed by atoms with van der Waals surface area (Å²) in [4.78, 5) is 6.29. The largest absolute Gasteiger partial charge is 0.382 e. The second-order valence-corrected chi connectivity index (χ2v) is 7.31. The van der Waals surface area contributed by atoms with Crippen molar-refractivity contribution in [2.45, 2.75) is 18.4 Å². The number of hydrogen-bond donors (Lipinski definition) is 1. The Labute approximate surface area is 122 Å². The number of nitrogens with zero attached hydrogens (tertiary/aromatic N) is 3. The van der Waals surface area contributed by atoms with Gasteiger partial charge >= 0.3 is 0 Å². The van der Waals surface area contributed by atoms with Gasteiger partial charge in [-0.05, 0) is 30.6 Å². The quantitative estimate of drug-likeness (QED) is 0.919. The molecule has 8 heteroatoms. The summed E-state index contributed by atoms with van der Waals surface area (Å²) in [7, 11) is -1.61. The fourth-order valence-corrected chi connectivity index (χ4v) is 4.07. The van der Waals surface area contributed by atoms with Gasteiger partial charge in [0.15, 0.2) is 15.7 Å². The molecule has 2 aromatic heterocycles. The second kappa shape index (κ2) is 5.37. The Kier molecular flexibility index (Phi) is 3.96. The summed E-state index contributed by atoms with van der Waals surface area (Å²) >= 11 is 1.08. The van der Waals surface area contributed by atoms with Crippen molar-refractivity contribution in [2.24, 2.45) is 0 Å². The molecule has 0 amide bonds. The molecule has 0 aliphatic carbocycles. The fourth-order valence-electron chi connectivity index (χ4n) is 1.88. The van der Waals surface area contributed by atoms with Crippen molar-refractivity contribution in [1.29, 1.82) is 0 Å². The molecule has 0 bridgehead atoms. The van der Waals surface area contributed by atoms with E-state index >= 15 is 0 Å². The highest BCUT2D eigenvalue weighted by atomic mass is 32.2. The molecule has 6 nitrogen and oxygen atoms in total. The first-order valence-corrected chi connectivity index (χ1v) is 8.54. The maximum atomic E-state index is 11.8. The van der Waals surface area contributed by atoms with Gasteiger partial charge in [-0.2, -0.15) is 4.37 Å². The molecular formula is C12H16N4O2S2. The molecule has 0 radical (unpaired) electrons. The first-order chi connectivity index (χ1) is 9.29. The van der Waals surface area contributed by atoms with Crippen LogP contribution in [0.25, 0.3) is 0 Å². The summed E-state index contributed by atoms with van der Waals surface area (Å²) in [5.74, 6) is 0.0524. The normalized spacial score (nSPS) is 11.6. The van der Waals surface area contributed by atoms with Gasteiger partial charge in [0, 0.05) is 19.0 Å². The van der Waals surface area contributed by atoms with Crippen LogP contribution in [0, 0.1) is 6.92 Å². The van der Waals surface area contributed by atoms with Crippen LogP contribution in [-0.2, 0) is 16.4 Å². The van der Waals surface area contributed by atoms with E-state index in [1.54, 1.807) is 11.9 Å². The van der Waals surface area contributed by atoms with E-state index < -0.39 is 9.84 Å². The smallest absolute Gasteiger partial charge is 0.182 e. The molecule has 0 saturated carbocycles. The van der Waals surface area contributed by atoms with Crippen LogP contribution in [0.3, 0.4) is 0 Å². The zero-order chi connectivity index (χ0) is 14.9. The molecule has 0 atom stereocenters. The highest BCUT2D eigenvalue weighted by Gasteiger charge is 2.23. The number of anilines is 2. The number of nitrogen functional groups attached to an aromatic ring is 1. The van der Waals surface area contributed by atoms with E-state index in [1.165, 1.54) is 0 Å². The van der Waals surface area contributed by atoms with Gasteiger partial charge < -0.3 is 10.6 Å². The minimum atomic E-state index is -3.41. The molecule has 0 spiro atoms. The van der Waals surface area contributed by atoms with Gasteiger partial charge in [0.05, 0.1) is 12.2 Å². The average molecular weight is 312 g/mol. The lowest BCUT2D eigenvalue weighted by Crippen LogP contribution is -2.18. The maximum absolute atomic E-state index is 11.8. The van der Waals surface area contributed by atoms with Gasteiger partial charge in [-0.25, -0.2) is 8.42 Å². The van der Waals surface area contributed by atoms with Crippen LogP contribution < -0.4 is 10.6 Å². The number of pyridine rings is 1. The molecule has 2 aromatic rings. The highest BCUT2D eigenvalue weighted by molar-refractivity contribution is 7.91. The Bertz CT molecular complexity index is 725. The molecule has 20 heavy (non-hydrogen) atoms. The molecule has 108 valence electrons. The first-order valence-electron chi connectivity index (χ1n) is 5.88. The number of sulfone groups is 1. The fraction of sp³-hybridized carbons (Fsp3) is 0.333. The predicted molar refractivity (Wildman–Crippen MR) is 80.7 cm³/mol. The second-order valence-electron chi connectivity index (χ2n) is 4.60. The summed E-state index contributed by atoms with van der Waals surface area (Å²) in [6.45, 7) is 2.40. The molecule has 0 aliphatic heterocycles. The maximum Gasteiger partial charge on any atom is 0.182 e. The Morgan fingerprint density at radius 2 is 2.10 bits per heavy atom. The summed E-state index contributed by atoms with van der Waals surface area (Å²) in [5, 5.41) is 0.535. The topological polar surface area (TPSA) is 89.2 Å². The van der Waals surface area contributed by atoms with E-state index in [9.17, 15) is 8.42 Å². The van der Waals surface area contributed by atoms with E-state index in [1.807, 2.05) is 25.1 Å². The monoisotopic (exact) mass is 312 g/mol. The standard InChI is InChI=1S/C12H16N4O2S2/c1-8-5-4-6-9(14-8)7-16(2)12-10(20(3,17)18)11(13)15-19-12/h4-6H,7H2,1-3H3,(H2,13,15). The van der Waals surface area contributed by atoms with E-state index in [-0.39, 0.29) is 10.7 Å². The Balaban J connectivity index is 2.33.